The SMILES string of the molecule is Cn1nc(N2CCC(=O)NC2=O)c2ccc(C3CCN(Cc4cnc(-c5cccc(S(=O)N6CCC(Nc7ncc(OC(F)F)cn7)CC6)c5)nc4)CC3)cc21. The number of hydrogen-bond donors (Lipinski definition) is 2. The number of carbonyl (C=O) groups is 2. The number of nitrogens with one attached hydrogen (secondary N) is 2. The molecule has 3 aliphatic rings. The number of anilines is 2. The summed E-state index contributed by atoms with van der Waals surface area (Å²) < 4.78 is 46.4. The summed E-state index contributed by atoms with van der Waals surface area (Å²) >= 11 is 0. The molecule has 1 unspecified atom stereocenters. The monoisotopic (exact) mass is 785 g/mol. The van der Waals surface area contributed by atoms with Gasteiger partial charge in [-0.25, -0.2) is 33.2 Å². The molecule has 56 heavy (non-hydrogen) atoms. The number of urea groups is 1. The van der Waals surface area contributed by atoms with E-state index in [0.717, 1.165) is 54.5 Å². The molecule has 3 amide bonds. The van der Waals surface area contributed by atoms with Crippen LogP contribution in [-0.2, 0) is 29.4 Å². The van der Waals surface area contributed by atoms with Gasteiger partial charge in [0.25, 0.3) is 0 Å². The van der Waals surface area contributed by atoms with Crippen molar-refractivity contribution >= 4 is 45.6 Å². The van der Waals surface area contributed by atoms with Crippen molar-refractivity contribution in [2.24, 2.45) is 7.05 Å². The lowest BCUT2D eigenvalue weighted by Crippen LogP contribution is -2.49. The zero-order chi connectivity index (χ0) is 38.8. The Balaban J connectivity index is 0.823. The Hall–Kier alpha value is -5.46. The van der Waals surface area contributed by atoms with Crippen molar-refractivity contribution in [3.63, 3.8) is 0 Å². The van der Waals surface area contributed by atoms with E-state index in [-0.39, 0.29) is 24.1 Å². The molecule has 3 aromatic heterocycles. The quantitative estimate of drug-likeness (QED) is 0.188. The molecule has 3 fully saturated rings. The molecule has 0 spiro atoms. The first-order valence-corrected chi connectivity index (χ1v) is 19.7. The zero-order valence-electron chi connectivity index (χ0n) is 30.7. The highest BCUT2D eigenvalue weighted by molar-refractivity contribution is 7.82. The van der Waals surface area contributed by atoms with E-state index in [2.05, 4.69) is 57.4 Å². The number of aromatic nitrogens is 6. The van der Waals surface area contributed by atoms with Gasteiger partial charge in [-0.05, 0) is 74.5 Å². The largest absolute Gasteiger partial charge is 0.432 e. The maximum atomic E-state index is 13.6. The Kier molecular flexibility index (Phi) is 10.9. The maximum Gasteiger partial charge on any atom is 0.387 e. The van der Waals surface area contributed by atoms with Gasteiger partial charge < -0.3 is 10.1 Å². The van der Waals surface area contributed by atoms with E-state index in [1.807, 2.05) is 54.1 Å². The molecule has 18 heteroatoms. The molecular weight excluding hydrogens is 745 g/mol. The molecule has 292 valence electrons. The molecule has 0 aliphatic carbocycles. The summed E-state index contributed by atoms with van der Waals surface area (Å²) in [5, 5.41) is 11.1. The molecule has 0 bridgehead atoms. The topological polar surface area (TPSA) is 164 Å². The average Bonchev–Trinajstić information content (AvgIpc) is 3.54. The first-order chi connectivity index (χ1) is 27.2. The molecule has 2 aromatic carbocycles. The van der Waals surface area contributed by atoms with Gasteiger partial charge in [0.05, 0.1) is 22.8 Å². The van der Waals surface area contributed by atoms with Gasteiger partial charge in [-0.1, -0.05) is 18.2 Å². The molecule has 5 aromatic rings. The van der Waals surface area contributed by atoms with Crippen LogP contribution in [0.25, 0.3) is 22.3 Å². The van der Waals surface area contributed by atoms with Gasteiger partial charge in [0, 0.05) is 74.6 Å². The van der Waals surface area contributed by atoms with E-state index in [0.29, 0.717) is 60.9 Å². The molecule has 8 rings (SSSR count). The lowest BCUT2D eigenvalue weighted by Gasteiger charge is -2.32. The predicted octanol–water partition coefficient (Wildman–Crippen LogP) is 4.85. The molecule has 15 nitrogen and oxygen atoms in total. The highest BCUT2D eigenvalue weighted by Gasteiger charge is 2.29. The van der Waals surface area contributed by atoms with Crippen LogP contribution in [0.1, 0.15) is 49.1 Å². The number of halogens is 2. The van der Waals surface area contributed by atoms with Crippen LogP contribution in [0, 0.1) is 0 Å². The number of hydrogen-bond acceptors (Lipinski definition) is 11. The first-order valence-electron chi connectivity index (χ1n) is 18.6. The number of imide groups is 1. The second-order valence-corrected chi connectivity index (χ2v) is 15.7. The van der Waals surface area contributed by atoms with Crippen LogP contribution in [-0.4, -0.2) is 100 Å². The number of nitrogens with zero attached hydrogens (tertiary/aromatic N) is 9. The third-order valence-corrected chi connectivity index (χ3v) is 12.0. The Morgan fingerprint density at radius 3 is 2.39 bits per heavy atom. The van der Waals surface area contributed by atoms with Gasteiger partial charge in [-0.15, -0.1) is 0 Å². The fraction of sp³-hybridized carbons (Fsp3) is 0.395. The van der Waals surface area contributed by atoms with Gasteiger partial charge in [0.15, 0.2) is 17.4 Å². The lowest BCUT2D eigenvalue weighted by atomic mass is 9.89. The minimum Gasteiger partial charge on any atom is -0.432 e. The van der Waals surface area contributed by atoms with Crippen molar-refractivity contribution in [3.05, 3.63) is 78.4 Å². The van der Waals surface area contributed by atoms with Gasteiger partial charge >= 0.3 is 12.6 Å². The number of likely N-dealkylation sites (tertiary alicyclic amines) is 1. The van der Waals surface area contributed by atoms with Gasteiger partial charge in [-0.3, -0.25) is 24.6 Å². The molecule has 0 saturated carbocycles. The van der Waals surface area contributed by atoms with Gasteiger partial charge in [0.2, 0.25) is 11.9 Å². The minimum absolute atomic E-state index is 0.0550. The third-order valence-electron chi connectivity index (χ3n) is 10.5. The van der Waals surface area contributed by atoms with Crippen molar-refractivity contribution < 1.29 is 27.3 Å². The molecule has 6 heterocycles. The summed E-state index contributed by atoms with van der Waals surface area (Å²) in [5.41, 5.74) is 4.03. The van der Waals surface area contributed by atoms with E-state index in [9.17, 15) is 22.6 Å². The van der Waals surface area contributed by atoms with Gasteiger partial charge in [-0.2, -0.15) is 13.9 Å². The number of carbonyl (C=O) groups excluding carboxylic acids is 2. The summed E-state index contributed by atoms with van der Waals surface area (Å²) in [7, 11) is 0.509. The fourth-order valence-electron chi connectivity index (χ4n) is 7.54. The highest BCUT2D eigenvalue weighted by Crippen LogP contribution is 2.34. The predicted molar refractivity (Wildman–Crippen MR) is 204 cm³/mol. The molecule has 0 radical (unpaired) electrons. The van der Waals surface area contributed by atoms with E-state index in [4.69, 9.17) is 0 Å². The Morgan fingerprint density at radius 1 is 0.929 bits per heavy atom. The minimum atomic E-state index is -2.93. The van der Waals surface area contributed by atoms with E-state index in [1.165, 1.54) is 22.9 Å². The summed E-state index contributed by atoms with van der Waals surface area (Å²) in [6, 6.07) is 13.5. The molecule has 3 saturated heterocycles. The van der Waals surface area contributed by atoms with Crippen LogP contribution in [0.3, 0.4) is 0 Å². The molecular formula is C38H41F2N11O4S. The Labute approximate surface area is 324 Å². The number of ether oxygens (including phenoxy) is 1. The van der Waals surface area contributed by atoms with Crippen molar-refractivity contribution in [1.82, 2.24) is 44.2 Å². The van der Waals surface area contributed by atoms with Crippen LogP contribution in [0.4, 0.5) is 25.3 Å². The second kappa shape index (κ2) is 16.3. The zero-order valence-corrected chi connectivity index (χ0v) is 31.5. The lowest BCUT2D eigenvalue weighted by molar-refractivity contribution is -0.120. The highest BCUT2D eigenvalue weighted by atomic mass is 32.2. The number of piperidine rings is 2. The summed E-state index contributed by atoms with van der Waals surface area (Å²) in [6.07, 6.45) is 9.83. The van der Waals surface area contributed by atoms with E-state index < -0.39 is 23.6 Å². The first kappa shape index (κ1) is 37.5. The molecule has 1 atom stereocenters. The number of alkyl halides is 2. The van der Waals surface area contributed by atoms with Crippen LogP contribution < -0.4 is 20.3 Å². The van der Waals surface area contributed by atoms with E-state index >= 15 is 0 Å². The number of rotatable bonds is 11. The average molecular weight is 786 g/mol. The van der Waals surface area contributed by atoms with Crippen LogP contribution >= 0.6 is 0 Å². The van der Waals surface area contributed by atoms with Crippen LogP contribution in [0.5, 0.6) is 5.75 Å². The maximum absolute atomic E-state index is 13.6. The second-order valence-electron chi connectivity index (χ2n) is 14.2. The number of fused-ring (bicyclic) bond motifs is 1. The number of benzene rings is 2. The van der Waals surface area contributed by atoms with Crippen molar-refractivity contribution in [1.29, 1.82) is 0 Å². The van der Waals surface area contributed by atoms with E-state index in [1.54, 1.807) is 4.68 Å². The number of aryl methyl sites for hydroxylation is 1. The summed E-state index contributed by atoms with van der Waals surface area (Å²) in [4.78, 5) is 46.2. The van der Waals surface area contributed by atoms with Crippen LogP contribution in [0.2, 0.25) is 0 Å². The Bertz CT molecular complexity index is 2230. The fourth-order valence-corrected chi connectivity index (χ4v) is 8.80. The Morgan fingerprint density at radius 2 is 1.68 bits per heavy atom. The molecule has 3 aliphatic heterocycles. The van der Waals surface area contributed by atoms with Crippen LogP contribution in [0.15, 0.2) is 72.1 Å². The molecule has 2 N–H and O–H groups in total. The normalized spacial score (nSPS) is 18.4. The smallest absolute Gasteiger partial charge is 0.387 e. The standard InChI is InChI=1S/C38H41F2N11O4S/c1-48-32-18-26(5-6-31(32)35(47-48)51-16-11-33(52)46-38(51)53)25-7-12-49(13-8-25)23-24-19-41-34(42-20-24)27-3-2-4-30(17-27)56(54)50-14-9-28(10-15-50)45-37-43-21-29(22-44-37)55-36(39)40/h2-6,17-22,25,28,36H,7-16,23H2,1H3,(H,43,44,45)(H,46,52,53). The number of amides is 3. The third kappa shape index (κ3) is 8.36. The van der Waals surface area contributed by atoms with Gasteiger partial charge in [0.1, 0.15) is 11.0 Å². The summed E-state index contributed by atoms with van der Waals surface area (Å²) in [5.74, 6) is 1.50. The van der Waals surface area contributed by atoms with Crippen molar-refractivity contribution in [2.75, 3.05) is 42.9 Å². The summed E-state index contributed by atoms with van der Waals surface area (Å²) in [6.45, 7) is 1.18. The van der Waals surface area contributed by atoms with Crippen molar-refractivity contribution in [3.8, 4) is 17.1 Å². The van der Waals surface area contributed by atoms with Crippen molar-refractivity contribution in [2.45, 2.75) is 62.1 Å².